The van der Waals surface area contributed by atoms with Crippen molar-refractivity contribution in [2.75, 3.05) is 32.0 Å². The highest BCUT2D eigenvalue weighted by Gasteiger charge is 2.20. The molecular weight excluding hydrogens is 374 g/mol. The van der Waals surface area contributed by atoms with Crippen LogP contribution in [0.25, 0.3) is 10.9 Å². The van der Waals surface area contributed by atoms with E-state index in [1.165, 1.54) is 14.0 Å². The Kier molecular flexibility index (Phi) is 5.92. The minimum Gasteiger partial charge on any atom is -0.493 e. The number of nitrogens with one attached hydrogen (secondary N) is 3. The molecule has 2 amide bonds. The number of ether oxygens (including phenoxy) is 3. The summed E-state index contributed by atoms with van der Waals surface area (Å²) in [4.78, 5) is 26.8. The monoisotopic (exact) mass is 397 g/mol. The number of aromatic nitrogens is 1. The molecule has 2 aromatic carbocycles. The highest BCUT2D eigenvalue weighted by Crippen LogP contribution is 2.44. The summed E-state index contributed by atoms with van der Waals surface area (Å²) in [7, 11) is 4.64. The van der Waals surface area contributed by atoms with Gasteiger partial charge in [0.1, 0.15) is 0 Å². The van der Waals surface area contributed by atoms with Crippen LogP contribution in [0.4, 0.5) is 11.4 Å². The molecule has 1 heterocycles. The Morgan fingerprint density at radius 3 is 2.10 bits per heavy atom. The molecule has 8 heteroatoms. The topological polar surface area (TPSA) is 102 Å². The molecule has 0 fully saturated rings. The summed E-state index contributed by atoms with van der Waals surface area (Å²) >= 11 is 0. The molecule has 3 aromatic rings. The minimum atomic E-state index is -0.185. The number of anilines is 2. The molecule has 8 nitrogen and oxygen atoms in total. The number of aromatic amines is 1. The van der Waals surface area contributed by atoms with Crippen molar-refractivity contribution in [2.45, 2.75) is 13.3 Å². The largest absolute Gasteiger partial charge is 0.493 e. The molecule has 0 saturated heterocycles. The fourth-order valence-electron chi connectivity index (χ4n) is 3.18. The van der Waals surface area contributed by atoms with E-state index in [1.807, 2.05) is 0 Å². The van der Waals surface area contributed by atoms with Gasteiger partial charge >= 0.3 is 0 Å². The van der Waals surface area contributed by atoms with Crippen molar-refractivity contribution in [3.8, 4) is 17.2 Å². The molecule has 0 aliphatic rings. The summed E-state index contributed by atoms with van der Waals surface area (Å²) in [6.45, 7) is 1.44. The SMILES string of the molecule is COc1cc2[nH]cc(CC(=O)Nc3ccc(NC(C)=O)cc3)c2c(OC)c1OC. The second-order valence-corrected chi connectivity index (χ2v) is 6.37. The molecule has 3 rings (SSSR count). The molecule has 152 valence electrons. The van der Waals surface area contributed by atoms with E-state index in [9.17, 15) is 9.59 Å². The molecule has 0 atom stereocenters. The Bertz CT molecular complexity index is 1040. The van der Waals surface area contributed by atoms with E-state index < -0.39 is 0 Å². The molecule has 0 unspecified atom stereocenters. The van der Waals surface area contributed by atoms with Gasteiger partial charge in [0.15, 0.2) is 11.5 Å². The van der Waals surface area contributed by atoms with Crippen LogP contribution in [0.5, 0.6) is 17.2 Å². The van der Waals surface area contributed by atoms with Crippen LogP contribution >= 0.6 is 0 Å². The van der Waals surface area contributed by atoms with E-state index in [0.717, 1.165) is 16.5 Å². The van der Waals surface area contributed by atoms with Gasteiger partial charge in [-0.3, -0.25) is 9.59 Å². The molecule has 3 N–H and O–H groups in total. The van der Waals surface area contributed by atoms with E-state index in [1.54, 1.807) is 50.7 Å². The van der Waals surface area contributed by atoms with Gasteiger partial charge in [-0.25, -0.2) is 0 Å². The summed E-state index contributed by atoms with van der Waals surface area (Å²) < 4.78 is 16.3. The molecule has 1 aromatic heterocycles. The number of carbonyl (C=O) groups excluding carboxylic acids is 2. The summed E-state index contributed by atoms with van der Waals surface area (Å²) in [5, 5.41) is 6.30. The summed E-state index contributed by atoms with van der Waals surface area (Å²) in [5.74, 6) is 1.17. The van der Waals surface area contributed by atoms with Gasteiger partial charge in [-0.2, -0.15) is 0 Å². The lowest BCUT2D eigenvalue weighted by atomic mass is 10.1. The average Bonchev–Trinajstić information content (AvgIpc) is 3.09. The summed E-state index contributed by atoms with van der Waals surface area (Å²) in [6, 6.07) is 8.71. The number of hydrogen-bond donors (Lipinski definition) is 3. The number of carbonyl (C=O) groups is 2. The summed E-state index contributed by atoms with van der Waals surface area (Å²) in [6.07, 6.45) is 1.91. The van der Waals surface area contributed by atoms with Crippen molar-refractivity contribution >= 4 is 34.1 Å². The van der Waals surface area contributed by atoms with Crippen LogP contribution < -0.4 is 24.8 Å². The zero-order valence-electron chi connectivity index (χ0n) is 16.7. The number of fused-ring (bicyclic) bond motifs is 1. The highest BCUT2D eigenvalue weighted by molar-refractivity contribution is 5.99. The number of benzene rings is 2. The molecule has 0 aliphatic carbocycles. The molecule has 29 heavy (non-hydrogen) atoms. The number of H-pyrrole nitrogens is 1. The zero-order chi connectivity index (χ0) is 21.0. The van der Waals surface area contributed by atoms with Gasteiger partial charge in [0.2, 0.25) is 17.6 Å². The first-order valence-corrected chi connectivity index (χ1v) is 8.93. The second-order valence-electron chi connectivity index (χ2n) is 6.37. The van der Waals surface area contributed by atoms with E-state index in [2.05, 4.69) is 15.6 Å². The van der Waals surface area contributed by atoms with Crippen LogP contribution in [0, 0.1) is 0 Å². The van der Waals surface area contributed by atoms with Crippen molar-refractivity contribution in [1.29, 1.82) is 0 Å². The Hall–Kier alpha value is -3.68. The average molecular weight is 397 g/mol. The van der Waals surface area contributed by atoms with E-state index in [0.29, 0.717) is 28.6 Å². The van der Waals surface area contributed by atoms with Crippen molar-refractivity contribution in [2.24, 2.45) is 0 Å². The molecule has 0 aliphatic heterocycles. The maximum Gasteiger partial charge on any atom is 0.228 e. The molecule has 0 saturated carbocycles. The third kappa shape index (κ3) is 4.26. The number of hydrogen-bond acceptors (Lipinski definition) is 5. The van der Waals surface area contributed by atoms with Gasteiger partial charge in [0.25, 0.3) is 0 Å². The third-order valence-corrected chi connectivity index (χ3v) is 4.39. The smallest absolute Gasteiger partial charge is 0.228 e. The Labute approximate surface area is 168 Å². The van der Waals surface area contributed by atoms with Crippen LogP contribution in [0.2, 0.25) is 0 Å². The van der Waals surface area contributed by atoms with Gasteiger partial charge < -0.3 is 29.8 Å². The lowest BCUT2D eigenvalue weighted by Gasteiger charge is -2.14. The number of amides is 2. The maximum absolute atomic E-state index is 12.6. The third-order valence-electron chi connectivity index (χ3n) is 4.39. The number of methoxy groups -OCH3 is 3. The van der Waals surface area contributed by atoms with Crippen LogP contribution in [-0.4, -0.2) is 38.1 Å². The minimum absolute atomic E-state index is 0.138. The lowest BCUT2D eigenvalue weighted by Crippen LogP contribution is -2.14. The van der Waals surface area contributed by atoms with Crippen molar-refractivity contribution in [3.63, 3.8) is 0 Å². The fraction of sp³-hybridized carbons (Fsp3) is 0.238. The standard InChI is InChI=1S/C21H23N3O5/c1-12(25)23-14-5-7-15(8-6-14)24-18(26)9-13-11-22-16-10-17(27-2)20(28-3)21(29-4)19(13)16/h5-8,10-11,22H,9H2,1-4H3,(H,23,25)(H,24,26). The predicted molar refractivity (Wildman–Crippen MR) is 111 cm³/mol. The normalized spacial score (nSPS) is 10.5. The Morgan fingerprint density at radius 1 is 0.931 bits per heavy atom. The van der Waals surface area contributed by atoms with E-state index in [-0.39, 0.29) is 18.2 Å². The van der Waals surface area contributed by atoms with Crippen molar-refractivity contribution in [1.82, 2.24) is 4.98 Å². The molecular formula is C21H23N3O5. The van der Waals surface area contributed by atoms with Crippen molar-refractivity contribution < 1.29 is 23.8 Å². The fourth-order valence-corrected chi connectivity index (χ4v) is 3.18. The van der Waals surface area contributed by atoms with E-state index in [4.69, 9.17) is 14.2 Å². The lowest BCUT2D eigenvalue weighted by molar-refractivity contribution is -0.116. The van der Waals surface area contributed by atoms with E-state index >= 15 is 0 Å². The van der Waals surface area contributed by atoms with Gasteiger partial charge in [-0.15, -0.1) is 0 Å². The van der Waals surface area contributed by atoms with Crippen LogP contribution in [0.15, 0.2) is 36.5 Å². The zero-order valence-corrected chi connectivity index (χ0v) is 16.7. The molecule has 0 radical (unpaired) electrons. The predicted octanol–water partition coefficient (Wildman–Crippen LogP) is 3.33. The Morgan fingerprint density at radius 2 is 1.55 bits per heavy atom. The van der Waals surface area contributed by atoms with Gasteiger partial charge in [0.05, 0.1) is 33.3 Å². The van der Waals surface area contributed by atoms with Crippen molar-refractivity contribution in [3.05, 3.63) is 42.1 Å². The maximum atomic E-state index is 12.6. The van der Waals surface area contributed by atoms with Gasteiger partial charge in [-0.05, 0) is 29.8 Å². The second kappa shape index (κ2) is 8.55. The summed E-state index contributed by atoms with van der Waals surface area (Å²) in [5.41, 5.74) is 2.85. The first kappa shape index (κ1) is 20.1. The van der Waals surface area contributed by atoms with Crippen LogP contribution in [-0.2, 0) is 16.0 Å². The number of rotatable bonds is 7. The first-order chi connectivity index (χ1) is 14.0. The van der Waals surface area contributed by atoms with Gasteiger partial charge in [0, 0.05) is 35.9 Å². The molecule has 0 bridgehead atoms. The Balaban J connectivity index is 1.82. The highest BCUT2D eigenvalue weighted by atomic mass is 16.5. The van der Waals surface area contributed by atoms with Crippen LogP contribution in [0.1, 0.15) is 12.5 Å². The van der Waals surface area contributed by atoms with Crippen LogP contribution in [0.3, 0.4) is 0 Å². The van der Waals surface area contributed by atoms with Gasteiger partial charge in [-0.1, -0.05) is 0 Å². The quantitative estimate of drug-likeness (QED) is 0.568. The first-order valence-electron chi connectivity index (χ1n) is 8.93. The molecule has 0 spiro atoms.